The zero-order valence-electron chi connectivity index (χ0n) is 16.3. The van der Waals surface area contributed by atoms with Crippen LogP contribution in [0, 0.1) is 6.92 Å². The number of carbonyl (C=O) groups excluding carboxylic acids is 1. The topological polar surface area (TPSA) is 92.4 Å². The highest BCUT2D eigenvalue weighted by Crippen LogP contribution is 2.35. The third-order valence-electron chi connectivity index (χ3n) is 5.06. The normalized spacial score (nSPS) is 18.0. The summed E-state index contributed by atoms with van der Waals surface area (Å²) in [5, 5.41) is 22.4. The van der Waals surface area contributed by atoms with Gasteiger partial charge >= 0.3 is 0 Å². The number of phenolic OH excluding ortho intramolecular Hbond substituents is 1. The first-order valence-corrected chi connectivity index (χ1v) is 10.0. The van der Waals surface area contributed by atoms with E-state index in [1.54, 1.807) is 12.1 Å². The molecule has 1 aromatic heterocycles. The zero-order valence-corrected chi connectivity index (χ0v) is 17.1. The van der Waals surface area contributed by atoms with E-state index in [1.165, 1.54) is 0 Å². The van der Waals surface area contributed by atoms with E-state index in [4.69, 9.17) is 16.6 Å². The molecule has 1 atom stereocenters. The zero-order chi connectivity index (χ0) is 20.5. The van der Waals surface area contributed by atoms with E-state index in [2.05, 4.69) is 15.5 Å². The number of phenols is 1. The Morgan fingerprint density at radius 3 is 2.86 bits per heavy atom. The van der Waals surface area contributed by atoms with Crippen molar-refractivity contribution in [3.8, 4) is 11.4 Å². The third-order valence-corrected chi connectivity index (χ3v) is 5.38. The van der Waals surface area contributed by atoms with Crippen molar-refractivity contribution in [1.82, 2.24) is 20.1 Å². The number of benzene rings is 1. The van der Waals surface area contributed by atoms with Gasteiger partial charge in [0.2, 0.25) is 5.91 Å². The summed E-state index contributed by atoms with van der Waals surface area (Å²) in [7, 11) is 0. The molecule has 150 valence electrons. The van der Waals surface area contributed by atoms with E-state index >= 15 is 0 Å². The summed E-state index contributed by atoms with van der Waals surface area (Å²) in [5.74, 6) is 1.36. The largest absolute Gasteiger partial charge is 0.508 e. The molecule has 0 bridgehead atoms. The molecule has 1 aliphatic carbocycles. The van der Waals surface area contributed by atoms with Crippen molar-refractivity contribution < 1.29 is 9.90 Å². The number of fused-ring (bicyclic) bond motifs is 3. The van der Waals surface area contributed by atoms with Gasteiger partial charge < -0.3 is 10.4 Å². The van der Waals surface area contributed by atoms with Gasteiger partial charge in [-0.1, -0.05) is 17.7 Å². The standard InChI is InChI=1S/C21H22ClN5O2/c1-3-23-19(29)11-17-21-26-25-12(2)27(21)18-9-8-15(28)10-16(18)20(24-17)13-4-6-14(22)7-5-13/h4,6,8-10,17,28H,3,5,7,11H2,1-2H3,(H,23,29)/t17-/m0/s1. The van der Waals surface area contributed by atoms with Crippen LogP contribution in [0.15, 0.2) is 45.9 Å². The number of rotatable bonds is 4. The summed E-state index contributed by atoms with van der Waals surface area (Å²) in [4.78, 5) is 17.3. The SMILES string of the molecule is CCNC(=O)C[C@@H]1N=C(C2=CC=C(Cl)CC2)c2cc(O)ccc2-n2c(C)nnc21. The first-order valence-electron chi connectivity index (χ1n) is 9.63. The Morgan fingerprint density at radius 2 is 2.14 bits per heavy atom. The molecule has 29 heavy (non-hydrogen) atoms. The minimum atomic E-state index is -0.491. The van der Waals surface area contributed by atoms with Crippen LogP contribution in [0.4, 0.5) is 0 Å². The van der Waals surface area contributed by atoms with Crippen molar-refractivity contribution >= 4 is 23.2 Å². The molecule has 0 saturated carbocycles. The first-order chi connectivity index (χ1) is 14.0. The fraction of sp³-hybridized carbons (Fsp3) is 0.333. The van der Waals surface area contributed by atoms with E-state index in [9.17, 15) is 9.90 Å². The Bertz CT molecular complexity index is 1070. The van der Waals surface area contributed by atoms with Gasteiger partial charge in [-0.2, -0.15) is 0 Å². The Morgan fingerprint density at radius 1 is 1.31 bits per heavy atom. The number of aryl methyl sites for hydroxylation is 1. The Kier molecular flexibility index (Phi) is 5.24. The van der Waals surface area contributed by atoms with Crippen LogP contribution in [-0.2, 0) is 4.79 Å². The maximum atomic E-state index is 12.4. The number of aromatic hydroxyl groups is 1. The lowest BCUT2D eigenvalue weighted by atomic mass is 9.94. The molecule has 2 aliphatic rings. The monoisotopic (exact) mass is 411 g/mol. The molecule has 2 aromatic rings. The Balaban J connectivity index is 1.92. The second kappa shape index (κ2) is 7.83. The second-order valence-corrected chi connectivity index (χ2v) is 7.58. The maximum Gasteiger partial charge on any atom is 0.222 e. The lowest BCUT2D eigenvalue weighted by Gasteiger charge is -2.17. The molecule has 1 amide bonds. The van der Waals surface area contributed by atoms with E-state index in [0.29, 0.717) is 18.2 Å². The molecule has 0 saturated heterocycles. The van der Waals surface area contributed by atoms with Gasteiger partial charge in [0.1, 0.15) is 17.6 Å². The van der Waals surface area contributed by atoms with Crippen LogP contribution < -0.4 is 5.32 Å². The van der Waals surface area contributed by atoms with Gasteiger partial charge in [-0.25, -0.2) is 0 Å². The van der Waals surface area contributed by atoms with Crippen molar-refractivity contribution in [3.63, 3.8) is 0 Å². The summed E-state index contributed by atoms with van der Waals surface area (Å²) < 4.78 is 1.92. The number of allylic oxidation sites excluding steroid dienone is 4. The summed E-state index contributed by atoms with van der Waals surface area (Å²) in [6, 6.07) is 4.68. The van der Waals surface area contributed by atoms with Crippen LogP contribution in [0.5, 0.6) is 5.75 Å². The molecule has 1 aliphatic heterocycles. The number of aliphatic imine (C=N–C) groups is 1. The molecule has 7 nitrogen and oxygen atoms in total. The number of aromatic nitrogens is 3. The van der Waals surface area contributed by atoms with Gasteiger partial charge in [0.15, 0.2) is 5.82 Å². The highest BCUT2D eigenvalue weighted by molar-refractivity contribution is 6.30. The summed E-state index contributed by atoms with van der Waals surface area (Å²) in [5.41, 5.74) is 3.37. The van der Waals surface area contributed by atoms with Crippen molar-refractivity contribution in [2.45, 2.75) is 39.2 Å². The van der Waals surface area contributed by atoms with E-state index in [0.717, 1.165) is 40.4 Å². The predicted octanol–water partition coefficient (Wildman–Crippen LogP) is 3.49. The molecular formula is C21H22ClN5O2. The molecule has 0 radical (unpaired) electrons. The van der Waals surface area contributed by atoms with Gasteiger partial charge in [0, 0.05) is 17.1 Å². The quantitative estimate of drug-likeness (QED) is 0.805. The number of amides is 1. The van der Waals surface area contributed by atoms with Crippen molar-refractivity contribution in [3.05, 3.63) is 58.2 Å². The number of hydrogen-bond donors (Lipinski definition) is 2. The minimum Gasteiger partial charge on any atom is -0.508 e. The van der Waals surface area contributed by atoms with E-state index < -0.39 is 6.04 Å². The maximum absolute atomic E-state index is 12.4. The van der Waals surface area contributed by atoms with Crippen LogP contribution in [0.3, 0.4) is 0 Å². The molecule has 0 unspecified atom stereocenters. The summed E-state index contributed by atoms with van der Waals surface area (Å²) >= 11 is 6.15. The van der Waals surface area contributed by atoms with Gasteiger partial charge in [0.25, 0.3) is 0 Å². The van der Waals surface area contributed by atoms with E-state index in [1.807, 2.05) is 36.6 Å². The van der Waals surface area contributed by atoms with E-state index in [-0.39, 0.29) is 18.1 Å². The molecule has 8 heteroatoms. The highest BCUT2D eigenvalue weighted by atomic mass is 35.5. The second-order valence-electron chi connectivity index (χ2n) is 7.10. The van der Waals surface area contributed by atoms with Crippen molar-refractivity contribution in [2.75, 3.05) is 6.54 Å². The first kappa shape index (κ1) is 19.4. The number of hydrogen-bond acceptors (Lipinski definition) is 5. The minimum absolute atomic E-state index is 0.0952. The molecule has 0 spiro atoms. The summed E-state index contributed by atoms with van der Waals surface area (Å²) in [6.45, 7) is 4.30. The number of carbonyl (C=O) groups is 1. The fourth-order valence-electron chi connectivity index (χ4n) is 3.73. The lowest BCUT2D eigenvalue weighted by molar-refractivity contribution is -0.121. The van der Waals surface area contributed by atoms with Crippen LogP contribution >= 0.6 is 11.6 Å². The smallest absolute Gasteiger partial charge is 0.222 e. The van der Waals surface area contributed by atoms with Gasteiger partial charge in [-0.15, -0.1) is 10.2 Å². The van der Waals surface area contributed by atoms with Crippen LogP contribution in [-0.4, -0.2) is 38.0 Å². The van der Waals surface area contributed by atoms with Gasteiger partial charge in [-0.3, -0.25) is 14.4 Å². The molecule has 2 N–H and O–H groups in total. The molecule has 1 aromatic carbocycles. The average Bonchev–Trinajstić information content (AvgIpc) is 3.01. The molecular weight excluding hydrogens is 390 g/mol. The number of nitrogens with one attached hydrogen (secondary N) is 1. The third kappa shape index (κ3) is 3.70. The average molecular weight is 412 g/mol. The molecule has 2 heterocycles. The van der Waals surface area contributed by atoms with Crippen LogP contribution in [0.25, 0.3) is 5.69 Å². The van der Waals surface area contributed by atoms with Crippen molar-refractivity contribution in [1.29, 1.82) is 0 Å². The Hall–Kier alpha value is -2.93. The summed E-state index contributed by atoms with van der Waals surface area (Å²) in [6.07, 6.45) is 5.46. The molecule has 0 fully saturated rings. The Labute approximate surface area is 173 Å². The highest BCUT2D eigenvalue weighted by Gasteiger charge is 2.30. The van der Waals surface area contributed by atoms with Gasteiger partial charge in [0.05, 0.1) is 17.8 Å². The molecule has 4 rings (SSSR count). The fourth-order valence-corrected chi connectivity index (χ4v) is 3.89. The van der Waals surface area contributed by atoms with Crippen LogP contribution in [0.1, 0.15) is 49.4 Å². The number of halogens is 1. The predicted molar refractivity (Wildman–Crippen MR) is 112 cm³/mol. The number of nitrogens with zero attached hydrogens (tertiary/aromatic N) is 4. The van der Waals surface area contributed by atoms with Crippen molar-refractivity contribution in [2.24, 2.45) is 4.99 Å². The lowest BCUT2D eigenvalue weighted by Crippen LogP contribution is -2.25. The van der Waals surface area contributed by atoms with Gasteiger partial charge in [-0.05, 0) is 56.5 Å². The van der Waals surface area contributed by atoms with Crippen LogP contribution in [0.2, 0.25) is 0 Å².